The van der Waals surface area contributed by atoms with Crippen LogP contribution < -0.4 is 0 Å². The number of fused-ring (bicyclic) bond motifs is 2. The molecule has 2 N–H and O–H groups in total. The molecule has 6 heteroatoms. The first-order valence-electron chi connectivity index (χ1n) is 11.8. The number of halogens is 1. The minimum Gasteiger partial charge on any atom is -0.338 e. The molecule has 0 radical (unpaired) electrons. The first kappa shape index (κ1) is 23.5. The number of nitrogens with zero attached hydrogens (tertiary/aromatic N) is 3. The average Bonchev–Trinajstić information content (AvgIpc) is 3.49. The van der Waals surface area contributed by atoms with Crippen LogP contribution in [0.1, 0.15) is 12.5 Å². The van der Waals surface area contributed by atoms with Crippen molar-refractivity contribution >= 4 is 27.5 Å². The minimum absolute atomic E-state index is 0.266. The molecule has 3 heterocycles. The molecule has 0 saturated heterocycles. The van der Waals surface area contributed by atoms with E-state index in [1.165, 1.54) is 12.1 Å². The van der Waals surface area contributed by atoms with Gasteiger partial charge in [-0.3, -0.25) is 5.10 Å². The molecule has 0 spiro atoms. The van der Waals surface area contributed by atoms with Gasteiger partial charge in [0.15, 0.2) is 0 Å². The van der Waals surface area contributed by atoms with Crippen molar-refractivity contribution in [3.63, 3.8) is 0 Å². The summed E-state index contributed by atoms with van der Waals surface area (Å²) in [6.45, 7) is 6.83. The van der Waals surface area contributed by atoms with Gasteiger partial charge in [0.25, 0.3) is 0 Å². The lowest BCUT2D eigenvalue weighted by molar-refractivity contribution is 0.449. The fraction of sp³-hybridized carbons (Fsp3) is 0.133. The van der Waals surface area contributed by atoms with Gasteiger partial charge in [0.05, 0.1) is 11.2 Å². The quantitative estimate of drug-likeness (QED) is 0.248. The van der Waals surface area contributed by atoms with Crippen LogP contribution in [0.5, 0.6) is 0 Å². The Kier molecular flexibility index (Phi) is 6.36. The Labute approximate surface area is 209 Å². The highest BCUT2D eigenvalue weighted by molar-refractivity contribution is 6.00. The van der Waals surface area contributed by atoms with Crippen LogP contribution in [0.2, 0.25) is 0 Å². The van der Waals surface area contributed by atoms with Gasteiger partial charge < -0.3 is 9.88 Å². The van der Waals surface area contributed by atoms with Crippen LogP contribution in [-0.2, 0) is 0 Å². The third kappa shape index (κ3) is 4.51. The summed E-state index contributed by atoms with van der Waals surface area (Å²) in [5.41, 5.74) is 8.43. The van der Waals surface area contributed by atoms with Crippen molar-refractivity contribution in [2.75, 3.05) is 20.6 Å². The number of aromatic amines is 2. The number of pyridine rings is 1. The van der Waals surface area contributed by atoms with E-state index in [1.54, 1.807) is 12.3 Å². The van der Waals surface area contributed by atoms with Crippen LogP contribution in [0, 0.1) is 5.82 Å². The van der Waals surface area contributed by atoms with Gasteiger partial charge in [0.1, 0.15) is 17.2 Å². The number of nitrogens with one attached hydrogen (secondary N) is 2. The molecule has 2 aromatic carbocycles. The molecule has 5 rings (SSSR count). The second-order valence-electron chi connectivity index (χ2n) is 9.05. The molecule has 180 valence electrons. The van der Waals surface area contributed by atoms with Gasteiger partial charge >= 0.3 is 0 Å². The van der Waals surface area contributed by atoms with Gasteiger partial charge in [-0.25, -0.2) is 9.37 Å². The third-order valence-electron chi connectivity index (χ3n) is 6.23. The predicted molar refractivity (Wildman–Crippen MR) is 147 cm³/mol. The van der Waals surface area contributed by atoms with Gasteiger partial charge in [-0.15, -0.1) is 0 Å². The highest BCUT2D eigenvalue weighted by atomic mass is 19.1. The first-order chi connectivity index (χ1) is 17.5. The van der Waals surface area contributed by atoms with Crippen molar-refractivity contribution in [1.82, 2.24) is 25.1 Å². The molecular formula is C30H28FN5. The van der Waals surface area contributed by atoms with Crippen molar-refractivity contribution in [2.24, 2.45) is 0 Å². The maximum atomic E-state index is 13.9. The summed E-state index contributed by atoms with van der Waals surface area (Å²) in [5.74, 6) is -0.266. The Morgan fingerprint density at radius 1 is 1.08 bits per heavy atom. The Hall–Kier alpha value is -4.29. The molecule has 0 aliphatic carbocycles. The second kappa shape index (κ2) is 9.76. The molecule has 36 heavy (non-hydrogen) atoms. The number of aromatic nitrogens is 4. The molecular weight excluding hydrogens is 449 g/mol. The minimum atomic E-state index is -0.266. The summed E-state index contributed by atoms with van der Waals surface area (Å²) in [5, 5.41) is 9.69. The molecule has 5 nitrogen and oxygen atoms in total. The number of hydrogen-bond acceptors (Lipinski definition) is 3. The van der Waals surface area contributed by atoms with Crippen LogP contribution in [0.3, 0.4) is 0 Å². The number of hydrogen-bond donors (Lipinski definition) is 2. The van der Waals surface area contributed by atoms with Crippen molar-refractivity contribution in [3.8, 4) is 22.5 Å². The van der Waals surface area contributed by atoms with E-state index in [0.29, 0.717) is 0 Å². The standard InChI is InChI=1S/C30H28FN5/c1-5-19(18-36(3)4)14-20(6-2)21-10-11-27-26(16-21)29(35-34-27)28-17-25-24(12-13-32-30(25)33-28)22-8-7-9-23(31)15-22/h5-17H,1,18H2,2-4H3,(H,32,33)(H,34,35)/b19-14+,20-6+. The van der Waals surface area contributed by atoms with E-state index in [2.05, 4.69) is 62.0 Å². The van der Waals surface area contributed by atoms with Crippen molar-refractivity contribution in [3.05, 3.63) is 103 Å². The largest absolute Gasteiger partial charge is 0.338 e. The fourth-order valence-electron chi connectivity index (χ4n) is 4.53. The van der Waals surface area contributed by atoms with Crippen LogP contribution in [0.15, 0.2) is 91.2 Å². The Bertz CT molecular complexity index is 1630. The maximum absolute atomic E-state index is 13.9. The van der Waals surface area contributed by atoms with E-state index in [-0.39, 0.29) is 5.82 Å². The second-order valence-corrected chi connectivity index (χ2v) is 9.05. The molecule has 0 amide bonds. The molecule has 0 aliphatic heterocycles. The van der Waals surface area contributed by atoms with Crippen molar-refractivity contribution < 1.29 is 4.39 Å². The summed E-state index contributed by atoms with van der Waals surface area (Å²) in [6.07, 6.45) is 7.92. The molecule has 0 atom stereocenters. The number of likely N-dealkylation sites (N-methyl/N-ethyl adjacent to an activating group) is 1. The molecule has 0 saturated carbocycles. The summed E-state index contributed by atoms with van der Waals surface area (Å²) < 4.78 is 13.9. The van der Waals surface area contributed by atoms with E-state index in [9.17, 15) is 4.39 Å². The summed E-state index contributed by atoms with van der Waals surface area (Å²) in [4.78, 5) is 10.0. The van der Waals surface area contributed by atoms with Crippen molar-refractivity contribution in [1.29, 1.82) is 0 Å². The van der Waals surface area contributed by atoms with E-state index in [1.807, 2.05) is 45.3 Å². The van der Waals surface area contributed by atoms with Gasteiger partial charge in [-0.2, -0.15) is 5.10 Å². The monoisotopic (exact) mass is 477 g/mol. The topological polar surface area (TPSA) is 60.6 Å². The SMILES string of the molecule is C=C/C(=C\C(=C/C)c1ccc2[nH]nc(-c3cc4c(-c5cccc(F)c5)ccnc4[nH]3)c2c1)CN(C)C. The van der Waals surface area contributed by atoms with Crippen LogP contribution in [-0.4, -0.2) is 45.7 Å². The lowest BCUT2D eigenvalue weighted by atomic mass is 9.99. The highest BCUT2D eigenvalue weighted by Gasteiger charge is 2.15. The molecule has 0 unspecified atom stereocenters. The summed E-state index contributed by atoms with van der Waals surface area (Å²) in [7, 11) is 4.09. The molecule has 0 fully saturated rings. The lowest BCUT2D eigenvalue weighted by Gasteiger charge is -2.11. The average molecular weight is 478 g/mol. The molecule has 0 aliphatic rings. The Morgan fingerprint density at radius 3 is 2.69 bits per heavy atom. The van der Waals surface area contributed by atoms with Gasteiger partial charge in [-0.05, 0) is 85.3 Å². The van der Waals surface area contributed by atoms with Gasteiger partial charge in [-0.1, -0.05) is 43.0 Å². The molecule has 5 aromatic rings. The van der Waals surface area contributed by atoms with Crippen LogP contribution in [0.4, 0.5) is 4.39 Å². The fourth-order valence-corrected chi connectivity index (χ4v) is 4.53. The smallest absolute Gasteiger partial charge is 0.138 e. The third-order valence-corrected chi connectivity index (χ3v) is 6.23. The summed E-state index contributed by atoms with van der Waals surface area (Å²) in [6, 6.07) is 16.9. The number of allylic oxidation sites excluding steroid dienone is 3. The number of rotatable bonds is 7. The van der Waals surface area contributed by atoms with Gasteiger partial charge in [0.2, 0.25) is 0 Å². The predicted octanol–water partition coefficient (Wildman–Crippen LogP) is 6.99. The van der Waals surface area contributed by atoms with E-state index < -0.39 is 0 Å². The Morgan fingerprint density at radius 2 is 1.94 bits per heavy atom. The van der Waals surface area contributed by atoms with Crippen LogP contribution in [0.25, 0.3) is 50.0 Å². The Balaban J connectivity index is 1.59. The highest BCUT2D eigenvalue weighted by Crippen LogP contribution is 2.34. The van der Waals surface area contributed by atoms with E-state index >= 15 is 0 Å². The van der Waals surface area contributed by atoms with Gasteiger partial charge in [0, 0.05) is 23.5 Å². The number of H-pyrrole nitrogens is 2. The van der Waals surface area contributed by atoms with Crippen molar-refractivity contribution in [2.45, 2.75) is 6.92 Å². The molecule has 3 aromatic heterocycles. The first-order valence-corrected chi connectivity index (χ1v) is 11.8. The normalized spacial score (nSPS) is 12.7. The number of benzene rings is 2. The van der Waals surface area contributed by atoms with E-state index in [4.69, 9.17) is 0 Å². The van der Waals surface area contributed by atoms with E-state index in [0.717, 1.165) is 67.7 Å². The zero-order chi connectivity index (χ0) is 25.2. The maximum Gasteiger partial charge on any atom is 0.138 e. The zero-order valence-corrected chi connectivity index (χ0v) is 20.6. The van der Waals surface area contributed by atoms with Crippen LogP contribution >= 0.6 is 0 Å². The zero-order valence-electron chi connectivity index (χ0n) is 20.6. The summed E-state index contributed by atoms with van der Waals surface area (Å²) >= 11 is 0. The lowest BCUT2D eigenvalue weighted by Crippen LogP contribution is -2.14. The molecule has 0 bridgehead atoms.